The van der Waals surface area contributed by atoms with E-state index in [9.17, 15) is 5.26 Å². The molecule has 0 radical (unpaired) electrons. The second-order valence-corrected chi connectivity index (χ2v) is 5.42. The van der Waals surface area contributed by atoms with Gasteiger partial charge in [0.15, 0.2) is 0 Å². The first-order valence-electron chi connectivity index (χ1n) is 7.15. The molecule has 0 saturated carbocycles. The van der Waals surface area contributed by atoms with Crippen LogP contribution in [0.2, 0.25) is 0 Å². The Hall–Kier alpha value is -1.37. The van der Waals surface area contributed by atoms with E-state index in [1.165, 1.54) is 19.4 Å². The van der Waals surface area contributed by atoms with Crippen LogP contribution in [0.15, 0.2) is 24.3 Å². The van der Waals surface area contributed by atoms with Crippen molar-refractivity contribution in [1.29, 1.82) is 5.26 Å². The first kappa shape index (κ1) is 14.0. The largest absolute Gasteiger partial charge is 0.305 e. The van der Waals surface area contributed by atoms with Gasteiger partial charge >= 0.3 is 0 Å². The fourth-order valence-electron chi connectivity index (χ4n) is 2.87. The van der Waals surface area contributed by atoms with Crippen molar-refractivity contribution in [3.05, 3.63) is 35.4 Å². The summed E-state index contributed by atoms with van der Waals surface area (Å²) in [6.45, 7) is 6.59. The number of hydrogen-bond donors (Lipinski definition) is 0. The van der Waals surface area contributed by atoms with Crippen LogP contribution in [-0.2, 0) is 6.54 Å². The van der Waals surface area contributed by atoms with Crippen LogP contribution in [0.5, 0.6) is 0 Å². The molecular formula is C16H23N3. The maximum atomic E-state index is 9.19. The molecule has 0 spiro atoms. The number of nitrogens with zero attached hydrogens (tertiary/aromatic N) is 3. The van der Waals surface area contributed by atoms with Crippen LogP contribution in [0, 0.1) is 11.3 Å². The van der Waals surface area contributed by atoms with E-state index in [1.807, 2.05) is 18.2 Å². The third kappa shape index (κ3) is 3.56. The Morgan fingerprint density at radius 2 is 2.11 bits per heavy atom. The van der Waals surface area contributed by atoms with Gasteiger partial charge < -0.3 is 4.90 Å². The summed E-state index contributed by atoms with van der Waals surface area (Å²) in [6, 6.07) is 10.9. The minimum atomic E-state index is 0.597. The maximum Gasteiger partial charge on any atom is 0.0995 e. The second-order valence-electron chi connectivity index (χ2n) is 5.42. The SMILES string of the molecule is CCC1CN(C)CCCN1Cc1ccccc1C#N. The third-order valence-electron chi connectivity index (χ3n) is 4.01. The van der Waals surface area contributed by atoms with Crippen molar-refractivity contribution in [2.24, 2.45) is 0 Å². The third-order valence-corrected chi connectivity index (χ3v) is 4.01. The Morgan fingerprint density at radius 3 is 2.84 bits per heavy atom. The predicted molar refractivity (Wildman–Crippen MR) is 77.8 cm³/mol. The lowest BCUT2D eigenvalue weighted by Gasteiger charge is -2.30. The fourth-order valence-corrected chi connectivity index (χ4v) is 2.87. The molecule has 0 aliphatic carbocycles. The van der Waals surface area contributed by atoms with E-state index < -0.39 is 0 Å². The van der Waals surface area contributed by atoms with E-state index in [1.54, 1.807) is 0 Å². The summed E-state index contributed by atoms with van der Waals surface area (Å²) in [5.41, 5.74) is 1.97. The monoisotopic (exact) mass is 257 g/mol. The van der Waals surface area contributed by atoms with E-state index in [-0.39, 0.29) is 0 Å². The van der Waals surface area contributed by atoms with Gasteiger partial charge in [-0.2, -0.15) is 5.26 Å². The molecule has 1 unspecified atom stereocenters. The Bertz CT molecular complexity index is 450. The lowest BCUT2D eigenvalue weighted by molar-refractivity contribution is 0.176. The van der Waals surface area contributed by atoms with Gasteiger partial charge in [-0.15, -0.1) is 0 Å². The summed E-state index contributed by atoms with van der Waals surface area (Å²) in [6.07, 6.45) is 2.38. The molecule has 1 heterocycles. The number of nitriles is 1. The zero-order chi connectivity index (χ0) is 13.7. The molecular weight excluding hydrogens is 234 g/mol. The second kappa shape index (κ2) is 6.70. The van der Waals surface area contributed by atoms with Gasteiger partial charge in [0.05, 0.1) is 11.6 Å². The number of benzene rings is 1. The minimum Gasteiger partial charge on any atom is -0.305 e. The van der Waals surface area contributed by atoms with Crippen molar-refractivity contribution in [1.82, 2.24) is 9.80 Å². The molecule has 0 bridgehead atoms. The Balaban J connectivity index is 2.14. The van der Waals surface area contributed by atoms with Crippen molar-refractivity contribution in [3.63, 3.8) is 0 Å². The van der Waals surface area contributed by atoms with Crippen molar-refractivity contribution in [2.45, 2.75) is 32.4 Å². The molecule has 2 rings (SSSR count). The van der Waals surface area contributed by atoms with Gasteiger partial charge in [0.2, 0.25) is 0 Å². The highest BCUT2D eigenvalue weighted by Gasteiger charge is 2.22. The van der Waals surface area contributed by atoms with Crippen LogP contribution in [0.4, 0.5) is 0 Å². The summed E-state index contributed by atoms with van der Waals surface area (Å²) in [5.74, 6) is 0. The van der Waals surface area contributed by atoms with Crippen molar-refractivity contribution >= 4 is 0 Å². The van der Waals surface area contributed by atoms with Crippen LogP contribution in [0.3, 0.4) is 0 Å². The van der Waals surface area contributed by atoms with Crippen molar-refractivity contribution in [3.8, 4) is 6.07 Å². The number of likely N-dealkylation sites (N-methyl/N-ethyl adjacent to an activating group) is 1. The Kier molecular flexibility index (Phi) is 4.95. The average molecular weight is 257 g/mol. The van der Waals surface area contributed by atoms with Crippen LogP contribution < -0.4 is 0 Å². The van der Waals surface area contributed by atoms with E-state index in [4.69, 9.17) is 0 Å². The normalized spacial score (nSPS) is 21.8. The van der Waals surface area contributed by atoms with Crippen LogP contribution >= 0.6 is 0 Å². The fraction of sp³-hybridized carbons (Fsp3) is 0.562. The lowest BCUT2D eigenvalue weighted by atomic mass is 10.1. The van der Waals surface area contributed by atoms with Gasteiger partial charge in [-0.25, -0.2) is 0 Å². The highest BCUT2D eigenvalue weighted by atomic mass is 15.2. The number of hydrogen-bond acceptors (Lipinski definition) is 3. The molecule has 3 nitrogen and oxygen atoms in total. The first-order valence-corrected chi connectivity index (χ1v) is 7.15. The summed E-state index contributed by atoms with van der Waals surface area (Å²) < 4.78 is 0. The maximum absolute atomic E-state index is 9.19. The van der Waals surface area contributed by atoms with Crippen molar-refractivity contribution < 1.29 is 0 Å². The summed E-state index contributed by atoms with van der Waals surface area (Å²) in [7, 11) is 2.20. The summed E-state index contributed by atoms with van der Waals surface area (Å²) in [4.78, 5) is 4.96. The summed E-state index contributed by atoms with van der Waals surface area (Å²) >= 11 is 0. The molecule has 1 aromatic carbocycles. The molecule has 1 aliphatic rings. The van der Waals surface area contributed by atoms with E-state index in [2.05, 4.69) is 35.9 Å². The molecule has 1 aliphatic heterocycles. The van der Waals surface area contributed by atoms with Gasteiger partial charge in [0.25, 0.3) is 0 Å². The molecule has 0 aromatic heterocycles. The zero-order valence-electron chi connectivity index (χ0n) is 12.0. The Labute approximate surface area is 116 Å². The molecule has 1 aromatic rings. The first-order chi connectivity index (χ1) is 9.24. The van der Waals surface area contributed by atoms with Crippen molar-refractivity contribution in [2.75, 3.05) is 26.7 Å². The van der Waals surface area contributed by atoms with Crippen LogP contribution in [-0.4, -0.2) is 42.5 Å². The average Bonchev–Trinajstić information content (AvgIpc) is 2.61. The number of rotatable bonds is 3. The molecule has 1 saturated heterocycles. The topological polar surface area (TPSA) is 30.3 Å². The van der Waals surface area contributed by atoms with Gasteiger partial charge in [0.1, 0.15) is 0 Å². The van der Waals surface area contributed by atoms with E-state index in [0.717, 1.165) is 30.8 Å². The van der Waals surface area contributed by atoms with E-state index in [0.29, 0.717) is 6.04 Å². The molecule has 1 atom stereocenters. The van der Waals surface area contributed by atoms with Gasteiger partial charge in [-0.05, 0) is 38.1 Å². The Morgan fingerprint density at radius 1 is 1.32 bits per heavy atom. The van der Waals surface area contributed by atoms with Crippen LogP contribution in [0.25, 0.3) is 0 Å². The lowest BCUT2D eigenvalue weighted by Crippen LogP contribution is -2.39. The molecule has 1 fully saturated rings. The summed E-state index contributed by atoms with van der Waals surface area (Å²) in [5, 5.41) is 9.19. The highest BCUT2D eigenvalue weighted by molar-refractivity contribution is 5.37. The van der Waals surface area contributed by atoms with Gasteiger partial charge in [0, 0.05) is 25.7 Å². The predicted octanol–water partition coefficient (Wildman–Crippen LogP) is 2.47. The molecule has 102 valence electrons. The zero-order valence-corrected chi connectivity index (χ0v) is 12.0. The molecule has 0 N–H and O–H groups in total. The molecule has 19 heavy (non-hydrogen) atoms. The molecule has 3 heteroatoms. The smallest absolute Gasteiger partial charge is 0.0995 e. The quantitative estimate of drug-likeness (QED) is 0.833. The highest BCUT2D eigenvalue weighted by Crippen LogP contribution is 2.17. The molecule has 0 amide bonds. The van der Waals surface area contributed by atoms with Gasteiger partial charge in [-0.1, -0.05) is 25.1 Å². The van der Waals surface area contributed by atoms with Gasteiger partial charge in [-0.3, -0.25) is 4.90 Å². The standard InChI is InChI=1S/C16H23N3/c1-3-16-13-18(2)9-6-10-19(16)12-15-8-5-4-7-14(15)11-17/h4-5,7-8,16H,3,6,9-10,12-13H2,1-2H3. The van der Waals surface area contributed by atoms with E-state index >= 15 is 0 Å². The minimum absolute atomic E-state index is 0.597. The van der Waals surface area contributed by atoms with Crippen LogP contribution in [0.1, 0.15) is 30.9 Å².